The number of hydrogen-bond acceptors (Lipinski definition) is 4. The molecule has 0 saturated heterocycles. The van der Waals surface area contributed by atoms with E-state index in [9.17, 15) is 9.59 Å². The lowest BCUT2D eigenvalue weighted by atomic mass is 10.1. The SMILES string of the molecule is C=C(C)COc1ccccc1NC(=O)CNc1ccc(C(=O)NC(C)CC)cc1. The van der Waals surface area contributed by atoms with Crippen LogP contribution in [0.15, 0.2) is 60.7 Å². The molecule has 0 spiro atoms. The molecular formula is C23H29N3O3. The fourth-order valence-corrected chi connectivity index (χ4v) is 2.42. The second-order valence-electron chi connectivity index (χ2n) is 7.00. The van der Waals surface area contributed by atoms with Gasteiger partial charge in [-0.15, -0.1) is 0 Å². The first-order valence-electron chi connectivity index (χ1n) is 9.70. The fraction of sp³-hybridized carbons (Fsp3) is 0.304. The number of nitrogens with one attached hydrogen (secondary N) is 3. The Morgan fingerprint density at radius 2 is 1.79 bits per heavy atom. The van der Waals surface area contributed by atoms with E-state index in [-0.39, 0.29) is 24.4 Å². The van der Waals surface area contributed by atoms with Crippen molar-refractivity contribution in [3.8, 4) is 5.75 Å². The van der Waals surface area contributed by atoms with E-state index in [0.29, 0.717) is 23.6 Å². The summed E-state index contributed by atoms with van der Waals surface area (Å²) in [7, 11) is 0. The molecule has 0 radical (unpaired) electrons. The van der Waals surface area contributed by atoms with Gasteiger partial charge in [-0.3, -0.25) is 9.59 Å². The Balaban J connectivity index is 1.88. The number of anilines is 2. The third kappa shape index (κ3) is 7.33. The summed E-state index contributed by atoms with van der Waals surface area (Å²) in [5.74, 6) is 0.297. The average Bonchev–Trinajstić information content (AvgIpc) is 2.71. The van der Waals surface area contributed by atoms with Gasteiger partial charge in [0.2, 0.25) is 5.91 Å². The molecule has 0 aliphatic heterocycles. The minimum absolute atomic E-state index is 0.0905. The van der Waals surface area contributed by atoms with Crippen molar-refractivity contribution in [1.29, 1.82) is 0 Å². The van der Waals surface area contributed by atoms with Crippen LogP contribution >= 0.6 is 0 Å². The summed E-state index contributed by atoms with van der Waals surface area (Å²) in [6.07, 6.45) is 0.877. The third-order valence-electron chi connectivity index (χ3n) is 4.23. The van der Waals surface area contributed by atoms with Gasteiger partial charge in [-0.05, 0) is 62.2 Å². The number of para-hydroxylation sites is 2. The van der Waals surface area contributed by atoms with Gasteiger partial charge >= 0.3 is 0 Å². The molecule has 0 saturated carbocycles. The van der Waals surface area contributed by atoms with Crippen LogP contribution in [0.2, 0.25) is 0 Å². The molecule has 1 unspecified atom stereocenters. The molecule has 2 amide bonds. The maximum absolute atomic E-state index is 12.3. The lowest BCUT2D eigenvalue weighted by Gasteiger charge is -2.13. The summed E-state index contributed by atoms with van der Waals surface area (Å²) in [6.45, 7) is 10.2. The molecule has 154 valence electrons. The summed E-state index contributed by atoms with van der Waals surface area (Å²) in [5, 5.41) is 8.82. The highest BCUT2D eigenvalue weighted by atomic mass is 16.5. The van der Waals surface area contributed by atoms with Gasteiger partial charge in [0.1, 0.15) is 12.4 Å². The Morgan fingerprint density at radius 1 is 1.10 bits per heavy atom. The van der Waals surface area contributed by atoms with Crippen molar-refractivity contribution < 1.29 is 14.3 Å². The summed E-state index contributed by atoms with van der Waals surface area (Å²) in [4.78, 5) is 24.4. The molecule has 2 aromatic rings. The van der Waals surface area contributed by atoms with Crippen molar-refractivity contribution in [2.75, 3.05) is 23.8 Å². The minimum atomic E-state index is -0.199. The van der Waals surface area contributed by atoms with Gasteiger partial charge in [-0.2, -0.15) is 0 Å². The van der Waals surface area contributed by atoms with Crippen LogP contribution in [-0.4, -0.2) is 31.0 Å². The van der Waals surface area contributed by atoms with Gasteiger partial charge in [0.25, 0.3) is 5.91 Å². The first-order valence-corrected chi connectivity index (χ1v) is 9.70. The zero-order chi connectivity index (χ0) is 21.2. The number of amides is 2. The van der Waals surface area contributed by atoms with Crippen LogP contribution in [0.3, 0.4) is 0 Å². The zero-order valence-corrected chi connectivity index (χ0v) is 17.2. The third-order valence-corrected chi connectivity index (χ3v) is 4.23. The van der Waals surface area contributed by atoms with Gasteiger partial charge in [0.15, 0.2) is 0 Å². The van der Waals surface area contributed by atoms with Crippen LogP contribution in [0.4, 0.5) is 11.4 Å². The van der Waals surface area contributed by atoms with E-state index < -0.39 is 0 Å². The molecule has 6 heteroatoms. The quantitative estimate of drug-likeness (QED) is 0.526. The monoisotopic (exact) mass is 395 g/mol. The van der Waals surface area contributed by atoms with Gasteiger partial charge in [-0.1, -0.05) is 25.6 Å². The molecule has 2 aromatic carbocycles. The van der Waals surface area contributed by atoms with Crippen LogP contribution in [0.1, 0.15) is 37.6 Å². The number of benzene rings is 2. The van der Waals surface area contributed by atoms with Crippen LogP contribution < -0.4 is 20.7 Å². The first kappa shape index (κ1) is 22.0. The standard InChI is InChI=1S/C23H29N3O3/c1-5-17(4)25-23(28)18-10-12-19(13-11-18)24-14-22(27)26-20-8-6-7-9-21(20)29-15-16(2)3/h6-13,17,24H,2,5,14-15H2,1,3-4H3,(H,25,28)(H,26,27). The van der Waals surface area contributed by atoms with Crippen molar-refractivity contribution in [2.24, 2.45) is 0 Å². The zero-order valence-electron chi connectivity index (χ0n) is 17.2. The van der Waals surface area contributed by atoms with Crippen molar-refractivity contribution in [2.45, 2.75) is 33.2 Å². The van der Waals surface area contributed by atoms with E-state index in [1.165, 1.54) is 0 Å². The number of carbonyl (C=O) groups is 2. The van der Waals surface area contributed by atoms with Crippen LogP contribution in [0.25, 0.3) is 0 Å². The molecule has 0 aliphatic rings. The van der Waals surface area contributed by atoms with Crippen LogP contribution in [-0.2, 0) is 4.79 Å². The van der Waals surface area contributed by atoms with E-state index in [2.05, 4.69) is 22.5 Å². The van der Waals surface area contributed by atoms with E-state index in [1.807, 2.05) is 32.9 Å². The van der Waals surface area contributed by atoms with E-state index in [0.717, 1.165) is 17.7 Å². The maximum atomic E-state index is 12.3. The second-order valence-corrected chi connectivity index (χ2v) is 7.00. The van der Waals surface area contributed by atoms with Gasteiger partial charge in [-0.25, -0.2) is 0 Å². The Labute approximate surface area is 172 Å². The highest BCUT2D eigenvalue weighted by Crippen LogP contribution is 2.24. The largest absolute Gasteiger partial charge is 0.487 e. The Bertz CT molecular complexity index is 847. The van der Waals surface area contributed by atoms with Crippen molar-refractivity contribution >= 4 is 23.2 Å². The average molecular weight is 396 g/mol. The molecule has 2 rings (SSSR count). The Hall–Kier alpha value is -3.28. The van der Waals surface area contributed by atoms with Crippen molar-refractivity contribution in [1.82, 2.24) is 5.32 Å². The molecule has 0 aliphatic carbocycles. The molecule has 3 N–H and O–H groups in total. The van der Waals surface area contributed by atoms with Crippen LogP contribution in [0, 0.1) is 0 Å². The van der Waals surface area contributed by atoms with Crippen molar-refractivity contribution in [3.05, 3.63) is 66.2 Å². The van der Waals surface area contributed by atoms with E-state index in [1.54, 1.807) is 36.4 Å². The highest BCUT2D eigenvalue weighted by molar-refractivity contribution is 5.96. The minimum Gasteiger partial charge on any atom is -0.487 e. The summed E-state index contributed by atoms with van der Waals surface area (Å²) in [6, 6.07) is 14.4. The number of ether oxygens (including phenoxy) is 1. The smallest absolute Gasteiger partial charge is 0.251 e. The molecule has 0 fully saturated rings. The van der Waals surface area contributed by atoms with Gasteiger partial charge < -0.3 is 20.7 Å². The molecule has 0 heterocycles. The first-order chi connectivity index (χ1) is 13.9. The molecule has 0 bridgehead atoms. The Kier molecular flexibility index (Phi) is 8.27. The lowest BCUT2D eigenvalue weighted by Crippen LogP contribution is -2.31. The lowest BCUT2D eigenvalue weighted by molar-refractivity contribution is -0.114. The van der Waals surface area contributed by atoms with E-state index >= 15 is 0 Å². The predicted molar refractivity (Wildman–Crippen MR) is 118 cm³/mol. The highest BCUT2D eigenvalue weighted by Gasteiger charge is 2.10. The number of rotatable bonds is 10. The number of hydrogen-bond donors (Lipinski definition) is 3. The molecule has 0 aromatic heterocycles. The second kappa shape index (κ2) is 10.9. The topological polar surface area (TPSA) is 79.5 Å². The van der Waals surface area contributed by atoms with Crippen molar-refractivity contribution in [3.63, 3.8) is 0 Å². The van der Waals surface area contributed by atoms with Gasteiger partial charge in [0, 0.05) is 17.3 Å². The van der Waals surface area contributed by atoms with Crippen LogP contribution in [0.5, 0.6) is 5.75 Å². The normalized spacial score (nSPS) is 11.3. The molecule has 6 nitrogen and oxygen atoms in total. The van der Waals surface area contributed by atoms with Gasteiger partial charge in [0.05, 0.1) is 12.2 Å². The fourth-order valence-electron chi connectivity index (χ4n) is 2.42. The number of carbonyl (C=O) groups excluding carboxylic acids is 2. The Morgan fingerprint density at radius 3 is 2.45 bits per heavy atom. The summed E-state index contributed by atoms with van der Waals surface area (Å²) in [5.41, 5.74) is 2.85. The predicted octanol–water partition coefficient (Wildman–Crippen LogP) is 4.22. The van der Waals surface area contributed by atoms with E-state index in [4.69, 9.17) is 4.74 Å². The maximum Gasteiger partial charge on any atom is 0.251 e. The molecule has 1 atom stereocenters. The summed E-state index contributed by atoms with van der Waals surface area (Å²) >= 11 is 0. The molecular weight excluding hydrogens is 366 g/mol. The summed E-state index contributed by atoms with van der Waals surface area (Å²) < 4.78 is 5.66. The molecule has 29 heavy (non-hydrogen) atoms.